The van der Waals surface area contributed by atoms with Crippen molar-refractivity contribution in [2.75, 3.05) is 0 Å². The average Bonchev–Trinajstić information content (AvgIpc) is 2.20. The fraction of sp³-hybridized carbons (Fsp3) is 0.500. The number of hydrogen-bond acceptors (Lipinski definition) is 3. The maximum absolute atomic E-state index is 10.9. The molecule has 0 spiro atoms. The van der Waals surface area contributed by atoms with Gasteiger partial charge in [-0.15, -0.1) is 0 Å². The second-order valence-corrected chi connectivity index (χ2v) is 4.02. The molecule has 88 valence electrons. The summed E-state index contributed by atoms with van der Waals surface area (Å²) in [6.45, 7) is 5.44. The molecule has 0 aliphatic carbocycles. The molecule has 0 saturated carbocycles. The van der Waals surface area contributed by atoms with Crippen molar-refractivity contribution in [1.82, 2.24) is 0 Å². The van der Waals surface area contributed by atoms with Crippen LogP contribution in [0.1, 0.15) is 37.3 Å². The van der Waals surface area contributed by atoms with Crippen LogP contribution in [0.25, 0.3) is 0 Å². The van der Waals surface area contributed by atoms with Crippen LogP contribution < -0.4 is 0 Å². The fourth-order valence-electron chi connectivity index (χ4n) is 2.09. The highest BCUT2D eigenvalue weighted by molar-refractivity contribution is 5.47. The fourth-order valence-corrected chi connectivity index (χ4v) is 2.09. The van der Waals surface area contributed by atoms with Gasteiger partial charge in [0, 0.05) is 17.5 Å². The second kappa shape index (κ2) is 5.07. The zero-order chi connectivity index (χ0) is 12.3. The minimum absolute atomic E-state index is 0.104. The summed E-state index contributed by atoms with van der Waals surface area (Å²) in [4.78, 5) is 10.6. The number of benzene rings is 1. The molecule has 0 bridgehead atoms. The normalized spacial score (nSPS) is 14.5. The molecule has 1 aromatic carbocycles. The molecule has 0 aliphatic heterocycles. The summed E-state index contributed by atoms with van der Waals surface area (Å²) in [7, 11) is 0. The molecule has 0 radical (unpaired) electrons. The van der Waals surface area contributed by atoms with Gasteiger partial charge in [0.25, 0.3) is 5.69 Å². The van der Waals surface area contributed by atoms with E-state index in [1.807, 2.05) is 19.9 Å². The first-order valence-electron chi connectivity index (χ1n) is 5.41. The Balaban J connectivity index is 3.34. The lowest BCUT2D eigenvalue weighted by Crippen LogP contribution is -2.16. The number of nitro groups is 1. The monoisotopic (exact) mass is 223 g/mol. The summed E-state index contributed by atoms with van der Waals surface area (Å²) in [5.74, 6) is -0.179. The number of aliphatic hydroxyl groups excluding tert-OH is 1. The summed E-state index contributed by atoms with van der Waals surface area (Å²) >= 11 is 0. The number of nitrogens with zero attached hydrogens (tertiary/aromatic N) is 1. The molecule has 0 saturated heterocycles. The van der Waals surface area contributed by atoms with E-state index in [0.717, 1.165) is 5.56 Å². The van der Waals surface area contributed by atoms with Crippen LogP contribution in [-0.4, -0.2) is 16.1 Å². The van der Waals surface area contributed by atoms with Crippen LogP contribution in [0.4, 0.5) is 5.69 Å². The van der Waals surface area contributed by atoms with E-state index in [0.29, 0.717) is 12.0 Å². The third kappa shape index (κ3) is 2.39. The van der Waals surface area contributed by atoms with E-state index < -0.39 is 6.10 Å². The van der Waals surface area contributed by atoms with Crippen LogP contribution in [0.5, 0.6) is 0 Å². The highest BCUT2D eigenvalue weighted by Gasteiger charge is 2.25. The van der Waals surface area contributed by atoms with Crippen molar-refractivity contribution in [1.29, 1.82) is 0 Å². The third-order valence-electron chi connectivity index (χ3n) is 2.89. The molecule has 2 unspecified atom stereocenters. The van der Waals surface area contributed by atoms with Gasteiger partial charge in [0.15, 0.2) is 0 Å². The smallest absolute Gasteiger partial charge is 0.273 e. The van der Waals surface area contributed by atoms with E-state index >= 15 is 0 Å². The number of rotatable bonds is 4. The minimum Gasteiger partial charge on any atom is -0.393 e. The minimum atomic E-state index is -0.579. The Hall–Kier alpha value is -1.42. The molecule has 0 fully saturated rings. The number of aliphatic hydroxyl groups is 1. The largest absolute Gasteiger partial charge is 0.393 e. The average molecular weight is 223 g/mol. The van der Waals surface area contributed by atoms with Gasteiger partial charge in [-0.2, -0.15) is 0 Å². The topological polar surface area (TPSA) is 63.4 Å². The number of hydrogen-bond donors (Lipinski definition) is 1. The van der Waals surface area contributed by atoms with Crippen LogP contribution in [0.2, 0.25) is 0 Å². The summed E-state index contributed by atoms with van der Waals surface area (Å²) in [5, 5.41) is 20.6. The van der Waals surface area contributed by atoms with Gasteiger partial charge in [-0.3, -0.25) is 10.1 Å². The first-order chi connectivity index (χ1) is 7.49. The summed E-state index contributed by atoms with van der Waals surface area (Å²) in [5.41, 5.74) is 1.62. The van der Waals surface area contributed by atoms with Crippen LogP contribution in [0.15, 0.2) is 18.2 Å². The highest BCUT2D eigenvalue weighted by Crippen LogP contribution is 2.33. The zero-order valence-electron chi connectivity index (χ0n) is 9.80. The Labute approximate surface area is 95.1 Å². The molecule has 0 heterocycles. The molecule has 0 aliphatic rings. The summed E-state index contributed by atoms with van der Waals surface area (Å²) in [6, 6.07) is 5.01. The molecule has 0 aromatic heterocycles. The SMILES string of the molecule is CCC(c1c(C)cccc1[N+](=O)[O-])C(C)O. The molecule has 1 aromatic rings. The van der Waals surface area contributed by atoms with Crippen LogP contribution in [-0.2, 0) is 0 Å². The van der Waals surface area contributed by atoms with Gasteiger partial charge < -0.3 is 5.11 Å². The van der Waals surface area contributed by atoms with Crippen LogP contribution in [0.3, 0.4) is 0 Å². The van der Waals surface area contributed by atoms with Crippen molar-refractivity contribution in [3.8, 4) is 0 Å². The van der Waals surface area contributed by atoms with Gasteiger partial charge in [-0.1, -0.05) is 19.1 Å². The number of nitro benzene ring substituents is 1. The van der Waals surface area contributed by atoms with Gasteiger partial charge in [0.1, 0.15) is 0 Å². The van der Waals surface area contributed by atoms with Crippen molar-refractivity contribution in [3.63, 3.8) is 0 Å². The Morgan fingerprint density at radius 3 is 2.56 bits per heavy atom. The van der Waals surface area contributed by atoms with Gasteiger partial charge in [0.05, 0.1) is 11.0 Å². The quantitative estimate of drug-likeness (QED) is 0.630. The highest BCUT2D eigenvalue weighted by atomic mass is 16.6. The van der Waals surface area contributed by atoms with Crippen molar-refractivity contribution < 1.29 is 10.0 Å². The van der Waals surface area contributed by atoms with Crippen molar-refractivity contribution in [3.05, 3.63) is 39.4 Å². The Morgan fingerprint density at radius 1 is 1.50 bits per heavy atom. The molecule has 1 rings (SSSR count). The lowest BCUT2D eigenvalue weighted by atomic mass is 9.87. The Morgan fingerprint density at radius 2 is 2.12 bits per heavy atom. The summed E-state index contributed by atoms with van der Waals surface area (Å²) in [6.07, 6.45) is 0.105. The van der Waals surface area contributed by atoms with E-state index in [9.17, 15) is 15.2 Å². The van der Waals surface area contributed by atoms with Crippen molar-refractivity contribution >= 4 is 5.69 Å². The maximum atomic E-state index is 10.9. The van der Waals surface area contributed by atoms with Crippen molar-refractivity contribution in [2.24, 2.45) is 0 Å². The first-order valence-corrected chi connectivity index (χ1v) is 5.41. The molecular weight excluding hydrogens is 206 g/mol. The predicted octanol–water partition coefficient (Wildman–Crippen LogP) is 2.78. The van der Waals surface area contributed by atoms with Gasteiger partial charge >= 0.3 is 0 Å². The third-order valence-corrected chi connectivity index (χ3v) is 2.89. The van der Waals surface area contributed by atoms with Crippen molar-refractivity contribution in [2.45, 2.75) is 39.2 Å². The van der Waals surface area contributed by atoms with E-state index in [-0.39, 0.29) is 16.5 Å². The molecule has 16 heavy (non-hydrogen) atoms. The molecular formula is C12H17NO3. The van der Waals surface area contributed by atoms with E-state index in [1.54, 1.807) is 13.0 Å². The lowest BCUT2D eigenvalue weighted by Gasteiger charge is -2.20. The van der Waals surface area contributed by atoms with E-state index in [2.05, 4.69) is 0 Å². The van der Waals surface area contributed by atoms with Gasteiger partial charge in [-0.25, -0.2) is 0 Å². The number of aryl methyl sites for hydroxylation is 1. The van der Waals surface area contributed by atoms with Gasteiger partial charge in [-0.05, 0) is 25.8 Å². The van der Waals surface area contributed by atoms with E-state index in [1.165, 1.54) is 6.07 Å². The maximum Gasteiger partial charge on any atom is 0.273 e. The predicted molar refractivity (Wildman–Crippen MR) is 62.5 cm³/mol. The lowest BCUT2D eigenvalue weighted by molar-refractivity contribution is -0.385. The van der Waals surface area contributed by atoms with Crippen LogP contribution >= 0.6 is 0 Å². The first kappa shape index (κ1) is 12.6. The van der Waals surface area contributed by atoms with E-state index in [4.69, 9.17) is 0 Å². The summed E-state index contributed by atoms with van der Waals surface area (Å²) < 4.78 is 0. The molecule has 2 atom stereocenters. The Bertz CT molecular complexity index is 388. The molecule has 1 N–H and O–H groups in total. The molecule has 4 heteroatoms. The van der Waals surface area contributed by atoms with Crippen LogP contribution in [0, 0.1) is 17.0 Å². The van der Waals surface area contributed by atoms with Gasteiger partial charge in [0.2, 0.25) is 0 Å². The molecule has 0 amide bonds. The Kier molecular flexibility index (Phi) is 4.01. The zero-order valence-corrected chi connectivity index (χ0v) is 9.80. The molecule has 4 nitrogen and oxygen atoms in total. The second-order valence-electron chi connectivity index (χ2n) is 4.02. The standard InChI is InChI=1S/C12H17NO3/c1-4-10(9(3)14)12-8(2)6-5-7-11(12)13(15)16/h5-7,9-10,14H,4H2,1-3H3.